The maximum Gasteiger partial charge on any atom is 0.317 e. The molecule has 0 amide bonds. The van der Waals surface area contributed by atoms with Crippen LogP contribution in [0.1, 0.15) is 45.4 Å². The van der Waals surface area contributed by atoms with Crippen LogP contribution in [0.25, 0.3) is 0 Å². The lowest BCUT2D eigenvalue weighted by molar-refractivity contribution is -0.138. The molecule has 1 fully saturated rings. The summed E-state index contributed by atoms with van der Waals surface area (Å²) in [7, 11) is 0. The van der Waals surface area contributed by atoms with Gasteiger partial charge in [0.2, 0.25) is 11.8 Å². The summed E-state index contributed by atoms with van der Waals surface area (Å²) in [6.07, 6.45) is 2.38. The molecule has 0 bridgehead atoms. The van der Waals surface area contributed by atoms with Crippen LogP contribution in [0.3, 0.4) is 0 Å². The minimum atomic E-state index is -0.823. The monoisotopic (exact) mass is 267 g/mol. The van der Waals surface area contributed by atoms with E-state index in [0.717, 1.165) is 6.54 Å². The van der Waals surface area contributed by atoms with E-state index in [0.29, 0.717) is 24.2 Å². The largest absolute Gasteiger partial charge is 0.480 e. The Morgan fingerprint density at radius 3 is 2.58 bits per heavy atom. The van der Waals surface area contributed by atoms with Crippen LogP contribution in [0, 0.1) is 5.92 Å². The van der Waals surface area contributed by atoms with Gasteiger partial charge < -0.3 is 9.52 Å². The number of aromatic nitrogens is 2. The van der Waals surface area contributed by atoms with Crippen molar-refractivity contribution < 1.29 is 14.3 Å². The number of hydrogen-bond acceptors (Lipinski definition) is 5. The first-order valence-corrected chi connectivity index (χ1v) is 6.61. The van der Waals surface area contributed by atoms with Crippen LogP contribution >= 0.6 is 0 Å². The Bertz CT molecular complexity index is 446. The van der Waals surface area contributed by atoms with Crippen molar-refractivity contribution in [3.05, 3.63) is 11.8 Å². The third kappa shape index (κ3) is 4.31. The molecular weight excluding hydrogens is 246 g/mol. The summed E-state index contributed by atoms with van der Waals surface area (Å²) in [5.41, 5.74) is -0.181. The molecule has 1 aromatic rings. The first-order chi connectivity index (χ1) is 8.84. The summed E-state index contributed by atoms with van der Waals surface area (Å²) in [5, 5.41) is 17.0. The Morgan fingerprint density at radius 2 is 2.11 bits per heavy atom. The van der Waals surface area contributed by atoms with Gasteiger partial charge >= 0.3 is 5.97 Å². The molecule has 106 valence electrons. The fraction of sp³-hybridized carbons (Fsp3) is 0.769. The van der Waals surface area contributed by atoms with Crippen molar-refractivity contribution in [2.45, 2.75) is 45.6 Å². The minimum Gasteiger partial charge on any atom is -0.480 e. The van der Waals surface area contributed by atoms with E-state index in [-0.39, 0.29) is 12.0 Å². The van der Waals surface area contributed by atoms with E-state index in [2.05, 4.69) is 10.2 Å². The lowest BCUT2D eigenvalue weighted by Crippen LogP contribution is -2.31. The molecule has 1 aliphatic rings. The maximum absolute atomic E-state index is 10.9. The third-order valence-electron chi connectivity index (χ3n) is 3.04. The van der Waals surface area contributed by atoms with Gasteiger partial charge in [-0.3, -0.25) is 9.69 Å². The molecule has 0 atom stereocenters. The molecule has 0 unspecified atom stereocenters. The first-order valence-electron chi connectivity index (χ1n) is 6.61. The van der Waals surface area contributed by atoms with Crippen molar-refractivity contribution in [2.75, 3.05) is 13.1 Å². The second-order valence-corrected chi connectivity index (χ2v) is 6.26. The fourth-order valence-corrected chi connectivity index (χ4v) is 1.85. The van der Waals surface area contributed by atoms with Gasteiger partial charge in [-0.2, -0.15) is 0 Å². The minimum absolute atomic E-state index is 0.0176. The number of carboxylic acid groups (broad SMARTS) is 1. The molecule has 6 heteroatoms. The van der Waals surface area contributed by atoms with Gasteiger partial charge in [0.1, 0.15) is 0 Å². The molecule has 2 rings (SSSR count). The Morgan fingerprint density at radius 1 is 1.42 bits per heavy atom. The van der Waals surface area contributed by atoms with E-state index in [9.17, 15) is 4.79 Å². The molecule has 0 aliphatic heterocycles. The number of rotatable bonds is 6. The molecule has 0 saturated heterocycles. The summed E-state index contributed by atoms with van der Waals surface area (Å²) in [6, 6.07) is 0. The van der Waals surface area contributed by atoms with Gasteiger partial charge in [0.25, 0.3) is 0 Å². The van der Waals surface area contributed by atoms with Crippen LogP contribution in [0.2, 0.25) is 0 Å². The van der Waals surface area contributed by atoms with Crippen molar-refractivity contribution in [3.63, 3.8) is 0 Å². The zero-order chi connectivity index (χ0) is 14.0. The van der Waals surface area contributed by atoms with E-state index in [4.69, 9.17) is 9.52 Å². The molecule has 1 saturated carbocycles. The average Bonchev–Trinajstić information content (AvgIpc) is 2.91. The molecule has 1 aliphatic carbocycles. The zero-order valence-electron chi connectivity index (χ0n) is 11.7. The maximum atomic E-state index is 10.9. The molecule has 6 nitrogen and oxygen atoms in total. The van der Waals surface area contributed by atoms with Gasteiger partial charge in [0.15, 0.2) is 0 Å². The van der Waals surface area contributed by atoms with Crippen molar-refractivity contribution >= 4 is 5.97 Å². The number of aliphatic carboxylic acids is 1. The quantitative estimate of drug-likeness (QED) is 0.844. The molecule has 0 radical (unpaired) electrons. The standard InChI is InChI=1S/C13H21N3O3/c1-13(2,3)12-15-14-10(19-12)7-16(8-11(17)18)6-9-4-5-9/h9H,4-8H2,1-3H3,(H,17,18). The summed E-state index contributed by atoms with van der Waals surface area (Å²) in [5.74, 6) is 0.886. The predicted octanol–water partition coefficient (Wildman–Crippen LogP) is 1.66. The highest BCUT2D eigenvalue weighted by molar-refractivity contribution is 5.69. The molecule has 1 heterocycles. The Balaban J connectivity index is 1.99. The van der Waals surface area contributed by atoms with Crippen LogP contribution in [0.4, 0.5) is 0 Å². The highest BCUT2D eigenvalue weighted by atomic mass is 16.4. The van der Waals surface area contributed by atoms with Gasteiger partial charge in [-0.15, -0.1) is 10.2 Å². The van der Waals surface area contributed by atoms with Crippen molar-refractivity contribution in [2.24, 2.45) is 5.92 Å². The highest BCUT2D eigenvalue weighted by Crippen LogP contribution is 2.30. The Labute approximate surface area is 112 Å². The lowest BCUT2D eigenvalue weighted by Gasteiger charge is -2.17. The molecule has 0 spiro atoms. The van der Waals surface area contributed by atoms with Crippen molar-refractivity contribution in [1.29, 1.82) is 0 Å². The van der Waals surface area contributed by atoms with Crippen molar-refractivity contribution in [1.82, 2.24) is 15.1 Å². The summed E-state index contributed by atoms with van der Waals surface area (Å²) < 4.78 is 5.61. The van der Waals surface area contributed by atoms with E-state index in [1.165, 1.54) is 12.8 Å². The Hall–Kier alpha value is -1.43. The summed E-state index contributed by atoms with van der Waals surface area (Å²) >= 11 is 0. The van der Waals surface area contributed by atoms with E-state index < -0.39 is 5.97 Å². The molecule has 1 N–H and O–H groups in total. The molecular formula is C13H21N3O3. The SMILES string of the molecule is CC(C)(C)c1nnc(CN(CC(=O)O)CC2CC2)o1. The predicted molar refractivity (Wildman–Crippen MR) is 68.6 cm³/mol. The van der Waals surface area contributed by atoms with Crippen LogP contribution in [0.5, 0.6) is 0 Å². The molecule has 0 aromatic carbocycles. The third-order valence-corrected chi connectivity index (χ3v) is 3.04. The van der Waals surface area contributed by atoms with Gasteiger partial charge in [-0.05, 0) is 18.8 Å². The van der Waals surface area contributed by atoms with E-state index >= 15 is 0 Å². The van der Waals surface area contributed by atoms with E-state index in [1.807, 2.05) is 25.7 Å². The smallest absolute Gasteiger partial charge is 0.317 e. The molecule has 1 aromatic heterocycles. The van der Waals surface area contributed by atoms with Crippen molar-refractivity contribution in [3.8, 4) is 0 Å². The van der Waals surface area contributed by atoms with Crippen LogP contribution in [-0.2, 0) is 16.8 Å². The number of carbonyl (C=O) groups is 1. The number of nitrogens with zero attached hydrogens (tertiary/aromatic N) is 3. The van der Waals surface area contributed by atoms with Crippen LogP contribution in [0.15, 0.2) is 4.42 Å². The summed E-state index contributed by atoms with van der Waals surface area (Å²) in [6.45, 7) is 7.23. The summed E-state index contributed by atoms with van der Waals surface area (Å²) in [4.78, 5) is 12.7. The normalized spacial score (nSPS) is 16.0. The average molecular weight is 267 g/mol. The van der Waals surface area contributed by atoms with Gasteiger partial charge in [-0.1, -0.05) is 20.8 Å². The highest BCUT2D eigenvalue weighted by Gasteiger charge is 2.27. The van der Waals surface area contributed by atoms with Gasteiger partial charge in [0.05, 0.1) is 13.1 Å². The number of hydrogen-bond donors (Lipinski definition) is 1. The topological polar surface area (TPSA) is 79.5 Å². The van der Waals surface area contributed by atoms with Gasteiger partial charge in [-0.25, -0.2) is 0 Å². The fourth-order valence-electron chi connectivity index (χ4n) is 1.85. The second-order valence-electron chi connectivity index (χ2n) is 6.26. The Kier molecular flexibility index (Phi) is 3.89. The zero-order valence-corrected chi connectivity index (χ0v) is 11.7. The molecule has 19 heavy (non-hydrogen) atoms. The van der Waals surface area contributed by atoms with E-state index in [1.54, 1.807) is 0 Å². The lowest BCUT2D eigenvalue weighted by atomic mass is 9.97. The van der Waals surface area contributed by atoms with Gasteiger partial charge in [0, 0.05) is 12.0 Å². The first kappa shape index (κ1) is 14.0. The second kappa shape index (κ2) is 5.28. The number of carboxylic acids is 1. The van der Waals surface area contributed by atoms with Crippen LogP contribution < -0.4 is 0 Å². The van der Waals surface area contributed by atoms with Crippen LogP contribution in [-0.4, -0.2) is 39.3 Å².